The molecule has 0 atom stereocenters. The summed E-state index contributed by atoms with van der Waals surface area (Å²) in [6, 6.07) is 10.9. The zero-order valence-corrected chi connectivity index (χ0v) is 19.3. The van der Waals surface area contributed by atoms with Crippen LogP contribution in [0.3, 0.4) is 0 Å². The number of hydrogen-bond donors (Lipinski definition) is 1. The van der Waals surface area contributed by atoms with Crippen LogP contribution in [0.5, 0.6) is 0 Å². The van der Waals surface area contributed by atoms with Gasteiger partial charge in [0.2, 0.25) is 15.8 Å². The fraction of sp³-hybridized carbons (Fsp3) is 0.273. The number of aromatic nitrogens is 2. The Morgan fingerprint density at radius 2 is 1.71 bits per heavy atom. The number of ether oxygens (including phenoxy) is 1. The zero-order chi connectivity index (χ0) is 24.7. The number of carbonyl (C=O) groups excluding carboxylic acids is 2. The molecule has 180 valence electrons. The number of nitrogens with one attached hydrogen (secondary N) is 1. The van der Waals surface area contributed by atoms with Crippen molar-refractivity contribution < 1.29 is 31.7 Å². The van der Waals surface area contributed by atoms with Gasteiger partial charge in [-0.05, 0) is 48.5 Å². The first-order chi connectivity index (χ1) is 16.2. The number of carbonyl (C=O) groups is 2. The molecule has 1 amide bonds. The molecule has 0 aliphatic heterocycles. The van der Waals surface area contributed by atoms with Gasteiger partial charge in [-0.15, -0.1) is 0 Å². The van der Waals surface area contributed by atoms with Crippen LogP contribution in [0.25, 0.3) is 11.5 Å². The summed E-state index contributed by atoms with van der Waals surface area (Å²) in [5.74, 6) is -1.46. The number of rotatable bonds is 10. The number of hydrogen-bond acceptors (Lipinski definition) is 8. The second kappa shape index (κ2) is 11.0. The van der Waals surface area contributed by atoms with Gasteiger partial charge in [-0.25, -0.2) is 12.8 Å². The average molecular weight is 491 g/mol. The average Bonchev–Trinajstić information content (AvgIpc) is 3.31. The molecule has 0 bridgehead atoms. The Hall–Kier alpha value is -3.64. The lowest BCUT2D eigenvalue weighted by molar-refractivity contribution is -0.143. The first-order valence-electron chi connectivity index (χ1n) is 10.4. The maximum Gasteiger partial charge on any atom is 0.325 e. The van der Waals surface area contributed by atoms with Gasteiger partial charge >= 0.3 is 5.97 Å². The van der Waals surface area contributed by atoms with Crippen molar-refractivity contribution in [2.45, 2.75) is 25.3 Å². The molecule has 3 aromatic rings. The van der Waals surface area contributed by atoms with Crippen molar-refractivity contribution in [2.24, 2.45) is 0 Å². The molecule has 0 unspecified atom stereocenters. The standard InChI is InChI=1S/C22H23FN4O6S/c1-3-27(4-2)34(30,31)18-11-7-15(8-12-18)21(29)24-13-20(28)32-14-19-25-22(33-26-19)16-5-9-17(23)10-6-16/h5-12H,3-4,13-14H2,1-2H3,(H,24,29). The van der Waals surface area contributed by atoms with Crippen molar-refractivity contribution in [1.82, 2.24) is 19.8 Å². The van der Waals surface area contributed by atoms with Gasteiger partial charge in [0.05, 0.1) is 4.90 Å². The van der Waals surface area contributed by atoms with Crippen molar-refractivity contribution >= 4 is 21.9 Å². The Kier molecular flexibility index (Phi) is 8.08. The minimum absolute atomic E-state index is 0.0762. The molecule has 12 heteroatoms. The third-order valence-corrected chi connectivity index (χ3v) is 6.84. The molecule has 0 spiro atoms. The van der Waals surface area contributed by atoms with E-state index in [-0.39, 0.29) is 28.8 Å². The lowest BCUT2D eigenvalue weighted by atomic mass is 10.2. The molecule has 0 fully saturated rings. The number of esters is 1. The molecule has 0 saturated carbocycles. The van der Waals surface area contributed by atoms with E-state index in [1.165, 1.54) is 52.8 Å². The fourth-order valence-corrected chi connectivity index (χ4v) is 4.42. The predicted octanol–water partition coefficient (Wildman–Crippen LogP) is 2.38. The lowest BCUT2D eigenvalue weighted by Crippen LogP contribution is -2.31. The van der Waals surface area contributed by atoms with Gasteiger partial charge in [0, 0.05) is 24.2 Å². The summed E-state index contributed by atoms with van der Waals surface area (Å²) in [6.07, 6.45) is 0. The first-order valence-corrected chi connectivity index (χ1v) is 11.8. The summed E-state index contributed by atoms with van der Waals surface area (Å²) >= 11 is 0. The van der Waals surface area contributed by atoms with Crippen LogP contribution >= 0.6 is 0 Å². The van der Waals surface area contributed by atoms with E-state index < -0.39 is 34.3 Å². The third-order valence-electron chi connectivity index (χ3n) is 4.77. The highest BCUT2D eigenvalue weighted by Gasteiger charge is 2.22. The molecular weight excluding hydrogens is 467 g/mol. The summed E-state index contributed by atoms with van der Waals surface area (Å²) in [5.41, 5.74) is 0.697. The summed E-state index contributed by atoms with van der Waals surface area (Å²) in [7, 11) is -3.63. The van der Waals surface area contributed by atoms with Crippen LogP contribution < -0.4 is 5.32 Å². The summed E-state index contributed by atoms with van der Waals surface area (Å²) in [5, 5.41) is 6.09. The number of nitrogens with zero attached hydrogens (tertiary/aromatic N) is 3. The van der Waals surface area contributed by atoms with Crippen molar-refractivity contribution in [2.75, 3.05) is 19.6 Å². The van der Waals surface area contributed by atoms with Gasteiger partial charge in [-0.1, -0.05) is 19.0 Å². The Morgan fingerprint density at radius 1 is 1.06 bits per heavy atom. The highest BCUT2D eigenvalue weighted by molar-refractivity contribution is 7.89. The number of benzene rings is 2. The Morgan fingerprint density at radius 3 is 2.32 bits per heavy atom. The van der Waals surface area contributed by atoms with Crippen molar-refractivity contribution in [3.05, 3.63) is 65.7 Å². The normalized spacial score (nSPS) is 11.4. The number of sulfonamides is 1. The van der Waals surface area contributed by atoms with Crippen LogP contribution in [-0.2, 0) is 26.2 Å². The molecule has 34 heavy (non-hydrogen) atoms. The van der Waals surface area contributed by atoms with E-state index in [1.807, 2.05) is 0 Å². The van der Waals surface area contributed by atoms with Gasteiger partial charge in [0.15, 0.2) is 6.61 Å². The van der Waals surface area contributed by atoms with Crippen molar-refractivity contribution in [1.29, 1.82) is 0 Å². The summed E-state index contributed by atoms with van der Waals surface area (Å²) < 4.78 is 49.4. The molecule has 1 N–H and O–H groups in total. The van der Waals surface area contributed by atoms with Crippen molar-refractivity contribution in [3.63, 3.8) is 0 Å². The molecule has 0 radical (unpaired) electrons. The topological polar surface area (TPSA) is 132 Å². The maximum absolute atomic E-state index is 13.0. The van der Waals surface area contributed by atoms with Crippen LogP contribution in [0.1, 0.15) is 30.0 Å². The first kappa shape index (κ1) is 25.0. The summed E-state index contributed by atoms with van der Waals surface area (Å²) in [4.78, 5) is 28.3. The molecule has 0 saturated heterocycles. The predicted molar refractivity (Wildman–Crippen MR) is 118 cm³/mol. The van der Waals surface area contributed by atoms with Crippen LogP contribution in [0.2, 0.25) is 0 Å². The number of amides is 1. The molecule has 0 aliphatic carbocycles. The Bertz CT molecular complexity index is 1240. The fourth-order valence-electron chi connectivity index (χ4n) is 2.96. The second-order valence-electron chi connectivity index (χ2n) is 6.98. The molecule has 0 aliphatic rings. The molecule has 10 nitrogen and oxygen atoms in total. The Balaban J connectivity index is 1.49. The lowest BCUT2D eigenvalue weighted by Gasteiger charge is -2.18. The van der Waals surface area contributed by atoms with Crippen LogP contribution in [0.4, 0.5) is 4.39 Å². The van der Waals surface area contributed by atoms with Gasteiger partial charge < -0.3 is 14.6 Å². The van der Waals surface area contributed by atoms with E-state index in [1.54, 1.807) is 13.8 Å². The van der Waals surface area contributed by atoms with Crippen LogP contribution in [0.15, 0.2) is 57.9 Å². The van der Waals surface area contributed by atoms with Gasteiger partial charge in [-0.3, -0.25) is 9.59 Å². The van der Waals surface area contributed by atoms with E-state index in [0.717, 1.165) is 0 Å². The van der Waals surface area contributed by atoms with E-state index in [4.69, 9.17) is 9.26 Å². The van der Waals surface area contributed by atoms with Crippen molar-refractivity contribution in [3.8, 4) is 11.5 Å². The van der Waals surface area contributed by atoms with E-state index in [0.29, 0.717) is 18.7 Å². The third kappa shape index (κ3) is 6.02. The minimum Gasteiger partial charge on any atom is -0.456 e. The monoisotopic (exact) mass is 490 g/mol. The van der Waals surface area contributed by atoms with Crippen LogP contribution in [0, 0.1) is 5.82 Å². The molecule has 1 heterocycles. The van der Waals surface area contributed by atoms with E-state index >= 15 is 0 Å². The van der Waals surface area contributed by atoms with Gasteiger partial charge in [0.25, 0.3) is 11.8 Å². The molecule has 3 rings (SSSR count). The van der Waals surface area contributed by atoms with E-state index in [2.05, 4.69) is 15.5 Å². The Labute approximate surface area is 195 Å². The van der Waals surface area contributed by atoms with E-state index in [9.17, 15) is 22.4 Å². The quantitative estimate of drug-likeness (QED) is 0.429. The second-order valence-corrected chi connectivity index (χ2v) is 8.92. The molecule has 1 aromatic heterocycles. The molecule has 2 aromatic carbocycles. The van der Waals surface area contributed by atoms with Gasteiger partial charge in [-0.2, -0.15) is 9.29 Å². The van der Waals surface area contributed by atoms with Gasteiger partial charge in [0.1, 0.15) is 12.4 Å². The maximum atomic E-state index is 13.0. The van der Waals surface area contributed by atoms with Crippen LogP contribution in [-0.4, -0.2) is 54.4 Å². The summed E-state index contributed by atoms with van der Waals surface area (Å²) in [6.45, 7) is 3.45. The molecular formula is C22H23FN4O6S. The highest BCUT2D eigenvalue weighted by Crippen LogP contribution is 2.18. The smallest absolute Gasteiger partial charge is 0.325 e. The highest BCUT2D eigenvalue weighted by atomic mass is 32.2. The SMILES string of the molecule is CCN(CC)S(=O)(=O)c1ccc(C(=O)NCC(=O)OCc2noc(-c3ccc(F)cc3)n2)cc1. The largest absolute Gasteiger partial charge is 0.456 e. The minimum atomic E-state index is -3.63. The number of halogens is 1. The zero-order valence-electron chi connectivity index (χ0n) is 18.5.